The van der Waals surface area contributed by atoms with E-state index in [1.807, 2.05) is 0 Å². The number of aromatic amines is 1. The smallest absolute Gasteiger partial charge is 0.328 e. The summed E-state index contributed by atoms with van der Waals surface area (Å²) in [4.78, 5) is 65.8. The molecule has 0 bridgehead atoms. The molecule has 1 rings (SSSR count). The van der Waals surface area contributed by atoms with Crippen LogP contribution in [-0.2, 0) is 30.4 Å². The minimum atomic E-state index is -1.60. The third-order valence-corrected chi connectivity index (χ3v) is 3.86. The molecule has 166 valence electrons. The van der Waals surface area contributed by atoms with E-state index in [0.717, 1.165) is 0 Å². The first kappa shape index (κ1) is 24.5. The van der Waals surface area contributed by atoms with Crippen LogP contribution < -0.4 is 27.4 Å². The Hall–Kier alpha value is -3.52. The molecule has 0 spiro atoms. The monoisotopic (exact) mass is 427 g/mol. The predicted molar refractivity (Wildman–Crippen MR) is 100 cm³/mol. The van der Waals surface area contributed by atoms with Crippen LogP contribution in [-0.4, -0.2) is 80.6 Å². The van der Waals surface area contributed by atoms with Crippen LogP contribution in [0, 0.1) is 0 Å². The Bertz CT molecular complexity index is 766. The van der Waals surface area contributed by atoms with E-state index in [0.29, 0.717) is 5.69 Å². The number of nitrogens with one attached hydrogen (secondary N) is 4. The predicted octanol–water partition coefficient (Wildman–Crippen LogP) is -4.29. The van der Waals surface area contributed by atoms with E-state index in [1.165, 1.54) is 19.4 Å². The molecule has 4 amide bonds. The third-order valence-electron chi connectivity index (χ3n) is 3.86. The van der Waals surface area contributed by atoms with Crippen LogP contribution in [0.5, 0.6) is 0 Å². The number of aromatic nitrogens is 2. The maximum absolute atomic E-state index is 12.6. The summed E-state index contributed by atoms with van der Waals surface area (Å²) in [6.07, 6.45) is 2.03. The Kier molecular flexibility index (Phi) is 9.38. The molecule has 14 nitrogen and oxygen atoms in total. The second-order valence-electron chi connectivity index (χ2n) is 6.44. The lowest BCUT2D eigenvalue weighted by Crippen LogP contribution is -2.58. The second kappa shape index (κ2) is 11.5. The fourth-order valence-corrected chi connectivity index (χ4v) is 2.27. The van der Waals surface area contributed by atoms with Gasteiger partial charge in [-0.15, -0.1) is 0 Å². The normalized spacial score (nSPS) is 14.6. The summed E-state index contributed by atoms with van der Waals surface area (Å²) in [5.74, 6) is -4.93. The van der Waals surface area contributed by atoms with Gasteiger partial charge in [0.1, 0.15) is 18.1 Å². The molecule has 0 aliphatic rings. The second-order valence-corrected chi connectivity index (χ2v) is 6.44. The van der Waals surface area contributed by atoms with Gasteiger partial charge in [0.25, 0.3) is 0 Å². The molecule has 0 saturated heterocycles. The Morgan fingerprint density at radius 2 is 1.63 bits per heavy atom. The summed E-state index contributed by atoms with van der Waals surface area (Å²) in [5, 5.41) is 24.8. The number of amides is 4. The molecule has 0 aliphatic heterocycles. The minimum absolute atomic E-state index is 0.125. The van der Waals surface area contributed by atoms with Crippen LogP contribution in [0.3, 0.4) is 0 Å². The summed E-state index contributed by atoms with van der Waals surface area (Å²) in [5.41, 5.74) is 11.0. The van der Waals surface area contributed by atoms with Crippen molar-refractivity contribution in [1.29, 1.82) is 0 Å². The first-order valence-corrected chi connectivity index (χ1v) is 8.81. The first-order chi connectivity index (χ1) is 14.0. The van der Waals surface area contributed by atoms with Crippen molar-refractivity contribution in [1.82, 2.24) is 25.9 Å². The van der Waals surface area contributed by atoms with Crippen LogP contribution in [0.15, 0.2) is 12.5 Å². The van der Waals surface area contributed by atoms with E-state index in [2.05, 4.69) is 25.9 Å². The largest absolute Gasteiger partial charge is 0.480 e. The topological polar surface area (TPSA) is 243 Å². The van der Waals surface area contributed by atoms with Gasteiger partial charge < -0.3 is 42.6 Å². The van der Waals surface area contributed by atoms with Gasteiger partial charge in [0.2, 0.25) is 23.6 Å². The number of aliphatic hydroxyl groups excluding tert-OH is 1. The average Bonchev–Trinajstić information content (AvgIpc) is 3.16. The fraction of sp³-hybridized carbons (Fsp3) is 0.500. The Labute approximate surface area is 170 Å². The Balaban J connectivity index is 3.02. The molecule has 0 aliphatic carbocycles. The van der Waals surface area contributed by atoms with Gasteiger partial charge >= 0.3 is 5.97 Å². The van der Waals surface area contributed by atoms with Crippen molar-refractivity contribution >= 4 is 29.6 Å². The van der Waals surface area contributed by atoms with Crippen LogP contribution in [0.4, 0.5) is 0 Å². The van der Waals surface area contributed by atoms with Gasteiger partial charge in [0, 0.05) is 18.3 Å². The zero-order valence-electron chi connectivity index (χ0n) is 16.1. The molecule has 0 saturated carbocycles. The number of carboxylic acid groups (broad SMARTS) is 1. The number of carbonyl (C=O) groups excluding carboxylic acids is 4. The van der Waals surface area contributed by atoms with Gasteiger partial charge in [-0.1, -0.05) is 0 Å². The van der Waals surface area contributed by atoms with Gasteiger partial charge in [0.15, 0.2) is 0 Å². The number of imidazole rings is 1. The Morgan fingerprint density at radius 1 is 1.07 bits per heavy atom. The average molecular weight is 427 g/mol. The van der Waals surface area contributed by atoms with Gasteiger partial charge in [-0.05, 0) is 6.92 Å². The van der Waals surface area contributed by atoms with Crippen molar-refractivity contribution in [3.8, 4) is 0 Å². The number of rotatable bonds is 12. The molecular formula is C16H25N7O7. The number of carbonyl (C=O) groups is 5. The molecule has 0 fully saturated rings. The van der Waals surface area contributed by atoms with Crippen molar-refractivity contribution in [3.63, 3.8) is 0 Å². The maximum Gasteiger partial charge on any atom is 0.328 e. The number of nitrogens with zero attached hydrogens (tertiary/aromatic N) is 1. The zero-order valence-corrected chi connectivity index (χ0v) is 16.1. The highest BCUT2D eigenvalue weighted by molar-refractivity contribution is 5.96. The summed E-state index contributed by atoms with van der Waals surface area (Å²) in [6, 6.07) is -5.31. The molecular weight excluding hydrogens is 402 g/mol. The highest BCUT2D eigenvalue weighted by atomic mass is 16.4. The van der Waals surface area contributed by atoms with Gasteiger partial charge in [-0.2, -0.15) is 0 Å². The lowest BCUT2D eigenvalue weighted by Gasteiger charge is -2.24. The quantitative estimate of drug-likeness (QED) is 0.161. The maximum atomic E-state index is 12.6. The fourth-order valence-electron chi connectivity index (χ4n) is 2.27. The highest BCUT2D eigenvalue weighted by Gasteiger charge is 2.31. The number of primary amides is 1. The summed E-state index contributed by atoms with van der Waals surface area (Å²) < 4.78 is 0. The van der Waals surface area contributed by atoms with Crippen LogP contribution in [0.25, 0.3) is 0 Å². The molecule has 4 atom stereocenters. The van der Waals surface area contributed by atoms with Crippen molar-refractivity contribution in [2.45, 2.75) is 43.9 Å². The van der Waals surface area contributed by atoms with Crippen molar-refractivity contribution in [3.05, 3.63) is 18.2 Å². The molecule has 0 radical (unpaired) electrons. The number of nitrogens with two attached hydrogens (primary N) is 2. The molecule has 1 heterocycles. The number of hydrogen-bond acceptors (Lipinski definition) is 8. The first-order valence-electron chi connectivity index (χ1n) is 8.81. The molecule has 1 aromatic rings. The van der Waals surface area contributed by atoms with Crippen molar-refractivity contribution in [2.24, 2.45) is 11.5 Å². The molecule has 4 unspecified atom stereocenters. The van der Waals surface area contributed by atoms with E-state index >= 15 is 0 Å². The van der Waals surface area contributed by atoms with E-state index in [9.17, 15) is 24.0 Å². The SMILES string of the molecule is CC(N)C(=O)NC(CC(N)=O)C(=O)NC(Cc1cnc[nH]1)C(=O)NC(CO)C(=O)O. The summed E-state index contributed by atoms with van der Waals surface area (Å²) in [7, 11) is 0. The zero-order chi connectivity index (χ0) is 22.8. The lowest BCUT2D eigenvalue weighted by molar-refractivity contribution is -0.143. The summed E-state index contributed by atoms with van der Waals surface area (Å²) >= 11 is 0. The number of hydrogen-bond donors (Lipinski definition) is 8. The van der Waals surface area contributed by atoms with Crippen molar-refractivity contribution in [2.75, 3.05) is 6.61 Å². The third kappa shape index (κ3) is 7.84. The molecule has 10 N–H and O–H groups in total. The van der Waals surface area contributed by atoms with Crippen molar-refractivity contribution < 1.29 is 34.2 Å². The highest BCUT2D eigenvalue weighted by Crippen LogP contribution is 2.02. The van der Waals surface area contributed by atoms with E-state index < -0.39 is 66.8 Å². The summed E-state index contributed by atoms with van der Waals surface area (Å²) in [6.45, 7) is 0.491. The van der Waals surface area contributed by atoms with Crippen LogP contribution >= 0.6 is 0 Å². The standard InChI is InChI=1S/C16H25N7O7/c1-7(17)13(26)21-10(3-12(18)25)15(28)22-9(2-8-4-19-6-20-8)14(27)23-11(5-24)16(29)30/h4,6-7,9-11,24H,2-3,5,17H2,1H3,(H2,18,25)(H,19,20)(H,21,26)(H,22,28)(H,23,27)(H,29,30). The minimum Gasteiger partial charge on any atom is -0.480 e. The molecule has 1 aromatic heterocycles. The molecule has 14 heteroatoms. The number of aliphatic hydroxyl groups is 1. The number of aliphatic carboxylic acids is 1. The lowest BCUT2D eigenvalue weighted by atomic mass is 10.1. The molecule has 30 heavy (non-hydrogen) atoms. The Morgan fingerprint density at radius 3 is 2.10 bits per heavy atom. The molecule has 0 aromatic carbocycles. The number of carboxylic acids is 1. The van der Waals surface area contributed by atoms with Crippen LogP contribution in [0.1, 0.15) is 19.0 Å². The number of H-pyrrole nitrogens is 1. The van der Waals surface area contributed by atoms with Gasteiger partial charge in [-0.25, -0.2) is 9.78 Å². The van der Waals surface area contributed by atoms with Crippen LogP contribution in [0.2, 0.25) is 0 Å². The van der Waals surface area contributed by atoms with Gasteiger partial charge in [-0.3, -0.25) is 19.2 Å². The van der Waals surface area contributed by atoms with E-state index in [1.54, 1.807) is 0 Å². The van der Waals surface area contributed by atoms with Gasteiger partial charge in [0.05, 0.1) is 25.4 Å². The van der Waals surface area contributed by atoms with E-state index in [4.69, 9.17) is 21.7 Å². The van der Waals surface area contributed by atoms with E-state index in [-0.39, 0.29) is 6.42 Å².